The van der Waals surface area contributed by atoms with Crippen LogP contribution in [0.2, 0.25) is 0 Å². The number of carboxylic acid groups (broad SMARTS) is 1. The molecule has 2 rings (SSSR count). The monoisotopic (exact) mass is 263 g/mol. The largest absolute Gasteiger partial charge is 0.497 e. The number of benzene rings is 1. The lowest BCUT2D eigenvalue weighted by Crippen LogP contribution is -2.23. The number of fused-ring (bicyclic) bond motifs is 1. The quantitative estimate of drug-likeness (QED) is 0.893. The van der Waals surface area contributed by atoms with E-state index in [4.69, 9.17) is 14.6 Å². The molecule has 0 aliphatic rings. The fraction of sp³-hybridized carbons (Fsp3) is 0.231. The first-order chi connectivity index (χ1) is 9.06. The number of aliphatic carboxylic acids is 1. The molecule has 0 saturated carbocycles. The Hall–Kier alpha value is -2.50. The normalized spacial score (nSPS) is 10.4. The van der Waals surface area contributed by atoms with Gasteiger partial charge in [-0.25, -0.2) is 0 Å². The van der Waals surface area contributed by atoms with Gasteiger partial charge in [-0.05, 0) is 12.1 Å². The highest BCUT2D eigenvalue weighted by atomic mass is 16.5. The zero-order valence-electron chi connectivity index (χ0n) is 10.5. The summed E-state index contributed by atoms with van der Waals surface area (Å²) >= 11 is 0. The highest BCUT2D eigenvalue weighted by molar-refractivity contribution is 5.89. The van der Waals surface area contributed by atoms with Crippen LogP contribution in [0.1, 0.15) is 0 Å². The maximum Gasteiger partial charge on any atom is 0.323 e. The van der Waals surface area contributed by atoms with Crippen molar-refractivity contribution in [2.24, 2.45) is 0 Å². The molecule has 6 heteroatoms. The molecule has 19 heavy (non-hydrogen) atoms. The van der Waals surface area contributed by atoms with Gasteiger partial charge in [-0.1, -0.05) is 0 Å². The van der Waals surface area contributed by atoms with E-state index in [0.717, 1.165) is 4.57 Å². The van der Waals surface area contributed by atoms with Gasteiger partial charge in [0.25, 0.3) is 5.56 Å². The lowest BCUT2D eigenvalue weighted by molar-refractivity contribution is -0.137. The number of hydrogen-bond donors (Lipinski definition) is 1. The lowest BCUT2D eigenvalue weighted by Gasteiger charge is -2.10. The Balaban J connectivity index is 2.73. The van der Waals surface area contributed by atoms with Crippen molar-refractivity contribution < 1.29 is 19.4 Å². The lowest BCUT2D eigenvalue weighted by atomic mass is 10.1. The van der Waals surface area contributed by atoms with Gasteiger partial charge in [0.2, 0.25) is 0 Å². The van der Waals surface area contributed by atoms with Crippen LogP contribution in [0.5, 0.6) is 11.5 Å². The van der Waals surface area contributed by atoms with Crippen molar-refractivity contribution >= 4 is 16.7 Å². The van der Waals surface area contributed by atoms with Gasteiger partial charge in [0.05, 0.1) is 19.6 Å². The van der Waals surface area contributed by atoms with E-state index in [1.807, 2.05) is 0 Å². The van der Waals surface area contributed by atoms with Crippen molar-refractivity contribution in [3.05, 3.63) is 34.7 Å². The van der Waals surface area contributed by atoms with E-state index in [-0.39, 0.29) is 6.54 Å². The number of ether oxygens (including phenoxy) is 2. The molecular weight excluding hydrogens is 250 g/mol. The molecule has 0 bridgehead atoms. The van der Waals surface area contributed by atoms with E-state index in [0.29, 0.717) is 22.3 Å². The Labute approximate surface area is 108 Å². The highest BCUT2D eigenvalue weighted by Gasteiger charge is 2.11. The topological polar surface area (TPSA) is 77.8 Å². The van der Waals surface area contributed by atoms with E-state index in [9.17, 15) is 9.59 Å². The molecular formula is C13H13NO5. The summed E-state index contributed by atoms with van der Waals surface area (Å²) in [6.45, 7) is -0.381. The molecule has 1 aromatic carbocycles. The highest BCUT2D eigenvalue weighted by Crippen LogP contribution is 2.28. The number of aromatic nitrogens is 1. The predicted octanol–water partition coefficient (Wildman–Crippen LogP) is 1.10. The Kier molecular flexibility index (Phi) is 3.41. The van der Waals surface area contributed by atoms with E-state index in [1.54, 1.807) is 18.2 Å². The molecule has 0 atom stereocenters. The molecule has 0 amide bonds. The molecule has 1 aromatic heterocycles. The summed E-state index contributed by atoms with van der Waals surface area (Å²) in [7, 11) is 2.98. The van der Waals surface area contributed by atoms with Crippen LogP contribution in [0.15, 0.2) is 29.2 Å². The number of carbonyl (C=O) groups is 1. The molecule has 0 aliphatic carbocycles. The summed E-state index contributed by atoms with van der Waals surface area (Å²) in [6, 6.07) is 4.89. The fourth-order valence-electron chi connectivity index (χ4n) is 1.89. The Morgan fingerprint density at radius 1 is 1.26 bits per heavy atom. The molecule has 0 spiro atoms. The first-order valence-corrected chi connectivity index (χ1v) is 5.53. The van der Waals surface area contributed by atoms with Crippen molar-refractivity contribution in [2.75, 3.05) is 14.2 Å². The standard InChI is InChI=1S/C13H13NO5/c1-18-8-5-10-9(11(6-8)19-2)3-4-14(13(10)17)7-12(15)16/h3-6H,7H2,1-2H3,(H,15,16). The zero-order chi connectivity index (χ0) is 14.0. The number of nitrogens with zero attached hydrogens (tertiary/aromatic N) is 1. The Morgan fingerprint density at radius 3 is 2.58 bits per heavy atom. The van der Waals surface area contributed by atoms with Gasteiger partial charge >= 0.3 is 5.97 Å². The smallest absolute Gasteiger partial charge is 0.323 e. The SMILES string of the molecule is COc1cc(OC)c2ccn(CC(=O)O)c(=O)c2c1. The third kappa shape index (κ3) is 2.37. The van der Waals surface area contributed by atoms with Crippen LogP contribution in [0.3, 0.4) is 0 Å². The third-order valence-electron chi connectivity index (χ3n) is 2.79. The minimum Gasteiger partial charge on any atom is -0.497 e. The molecule has 0 fully saturated rings. The van der Waals surface area contributed by atoms with Gasteiger partial charge in [0, 0.05) is 17.6 Å². The van der Waals surface area contributed by atoms with E-state index in [1.165, 1.54) is 20.4 Å². The van der Waals surface area contributed by atoms with E-state index >= 15 is 0 Å². The molecule has 6 nitrogen and oxygen atoms in total. The van der Waals surface area contributed by atoms with Crippen molar-refractivity contribution in [1.29, 1.82) is 0 Å². The van der Waals surface area contributed by atoms with Crippen LogP contribution in [0, 0.1) is 0 Å². The first kappa shape index (κ1) is 12.9. The van der Waals surface area contributed by atoms with Crippen molar-refractivity contribution in [1.82, 2.24) is 4.57 Å². The summed E-state index contributed by atoms with van der Waals surface area (Å²) in [5.74, 6) is -0.0836. The predicted molar refractivity (Wildman–Crippen MR) is 68.9 cm³/mol. The van der Waals surface area contributed by atoms with Crippen LogP contribution >= 0.6 is 0 Å². The van der Waals surface area contributed by atoms with Gasteiger partial charge in [0.1, 0.15) is 18.0 Å². The molecule has 2 aromatic rings. The minimum absolute atomic E-state index is 0.361. The van der Waals surface area contributed by atoms with Gasteiger partial charge in [0.15, 0.2) is 0 Å². The zero-order valence-corrected chi connectivity index (χ0v) is 10.5. The molecule has 0 radical (unpaired) electrons. The summed E-state index contributed by atoms with van der Waals surface area (Å²) in [4.78, 5) is 22.9. The van der Waals surface area contributed by atoms with Crippen LogP contribution in [0.25, 0.3) is 10.8 Å². The Bertz CT molecular complexity index is 689. The second-order valence-corrected chi connectivity index (χ2v) is 3.93. The van der Waals surface area contributed by atoms with E-state index < -0.39 is 11.5 Å². The van der Waals surface area contributed by atoms with Crippen LogP contribution in [-0.2, 0) is 11.3 Å². The van der Waals surface area contributed by atoms with Gasteiger partial charge in [-0.2, -0.15) is 0 Å². The van der Waals surface area contributed by atoms with Crippen molar-refractivity contribution in [3.8, 4) is 11.5 Å². The molecule has 100 valence electrons. The van der Waals surface area contributed by atoms with Gasteiger partial charge < -0.3 is 19.1 Å². The maximum atomic E-state index is 12.2. The average Bonchev–Trinajstić information content (AvgIpc) is 2.40. The van der Waals surface area contributed by atoms with Gasteiger partial charge in [-0.3, -0.25) is 9.59 Å². The number of methoxy groups -OCH3 is 2. The Morgan fingerprint density at radius 2 is 2.00 bits per heavy atom. The second-order valence-electron chi connectivity index (χ2n) is 3.93. The van der Waals surface area contributed by atoms with Crippen molar-refractivity contribution in [3.63, 3.8) is 0 Å². The van der Waals surface area contributed by atoms with Gasteiger partial charge in [-0.15, -0.1) is 0 Å². The van der Waals surface area contributed by atoms with Crippen molar-refractivity contribution in [2.45, 2.75) is 6.54 Å². The minimum atomic E-state index is -1.07. The summed E-state index contributed by atoms with van der Waals surface area (Å²) < 4.78 is 11.4. The van der Waals surface area contributed by atoms with Crippen LogP contribution in [-0.4, -0.2) is 29.9 Å². The number of rotatable bonds is 4. The molecule has 0 unspecified atom stereocenters. The molecule has 0 saturated heterocycles. The summed E-state index contributed by atoms with van der Waals surface area (Å²) in [6.07, 6.45) is 1.44. The molecule has 1 N–H and O–H groups in total. The number of pyridine rings is 1. The second kappa shape index (κ2) is 5.01. The number of hydrogen-bond acceptors (Lipinski definition) is 4. The van der Waals surface area contributed by atoms with E-state index in [2.05, 4.69) is 0 Å². The molecule has 1 heterocycles. The third-order valence-corrected chi connectivity index (χ3v) is 2.79. The van der Waals surface area contributed by atoms with Crippen LogP contribution < -0.4 is 15.0 Å². The fourth-order valence-corrected chi connectivity index (χ4v) is 1.89. The summed E-state index contributed by atoms with van der Waals surface area (Å²) in [5.41, 5.74) is -0.392. The van der Waals surface area contributed by atoms with Crippen LogP contribution in [0.4, 0.5) is 0 Å². The number of carboxylic acids is 1. The average molecular weight is 263 g/mol. The first-order valence-electron chi connectivity index (χ1n) is 5.53. The summed E-state index contributed by atoms with van der Waals surface area (Å²) in [5, 5.41) is 9.74. The molecule has 0 aliphatic heterocycles. The maximum absolute atomic E-state index is 12.2.